The molecule has 1 aromatic heterocycles. The number of halogens is 1. The number of piperidine rings is 1. The van der Waals surface area contributed by atoms with Gasteiger partial charge in [0, 0.05) is 37.7 Å². The summed E-state index contributed by atoms with van der Waals surface area (Å²) >= 11 is 0. The topological polar surface area (TPSA) is 87.8 Å². The first-order valence-electron chi connectivity index (χ1n) is 10.6. The van der Waals surface area contributed by atoms with E-state index in [4.69, 9.17) is 9.26 Å². The summed E-state index contributed by atoms with van der Waals surface area (Å²) in [4.78, 5) is 15.0. The smallest absolute Gasteiger partial charge is 0.273 e. The van der Waals surface area contributed by atoms with Crippen LogP contribution in [0.4, 0.5) is 4.39 Å². The molecule has 2 N–H and O–H groups in total. The van der Waals surface area contributed by atoms with Crippen LogP contribution in [-0.4, -0.2) is 46.8 Å². The highest BCUT2D eigenvalue weighted by molar-refractivity contribution is 5.92. The van der Waals surface area contributed by atoms with Crippen molar-refractivity contribution in [2.75, 3.05) is 19.7 Å². The van der Waals surface area contributed by atoms with E-state index in [0.29, 0.717) is 12.3 Å². The minimum absolute atomic E-state index is 0.00463. The molecule has 32 heavy (non-hydrogen) atoms. The van der Waals surface area contributed by atoms with Crippen molar-refractivity contribution in [3.05, 3.63) is 83.5 Å². The van der Waals surface area contributed by atoms with E-state index < -0.39 is 5.82 Å². The van der Waals surface area contributed by atoms with Gasteiger partial charge in [0.25, 0.3) is 5.91 Å². The molecule has 2 aromatic carbocycles. The van der Waals surface area contributed by atoms with Gasteiger partial charge in [0.2, 0.25) is 0 Å². The number of amides is 1. The number of aliphatic hydroxyl groups excluding tert-OH is 1. The van der Waals surface area contributed by atoms with Crippen LogP contribution in [0.2, 0.25) is 0 Å². The van der Waals surface area contributed by atoms with E-state index in [-0.39, 0.29) is 42.5 Å². The quantitative estimate of drug-likeness (QED) is 0.561. The average molecular weight is 439 g/mol. The molecule has 2 unspecified atom stereocenters. The Balaban J connectivity index is 1.34. The van der Waals surface area contributed by atoms with Gasteiger partial charge in [0.1, 0.15) is 6.61 Å². The molecular formula is C24H26FN3O4. The zero-order valence-corrected chi connectivity index (χ0v) is 17.6. The summed E-state index contributed by atoms with van der Waals surface area (Å²) in [6, 6.07) is 17.5. The van der Waals surface area contributed by atoms with Gasteiger partial charge >= 0.3 is 0 Å². The number of ether oxygens (including phenoxy) is 1. The maximum Gasteiger partial charge on any atom is 0.273 e. The zero-order valence-electron chi connectivity index (χ0n) is 17.6. The lowest BCUT2D eigenvalue weighted by atomic mass is 9.91. The van der Waals surface area contributed by atoms with E-state index in [1.54, 1.807) is 12.1 Å². The number of hydrogen-bond acceptors (Lipinski definition) is 6. The largest absolute Gasteiger partial charge is 0.482 e. The molecule has 1 amide bonds. The lowest BCUT2D eigenvalue weighted by Gasteiger charge is -2.38. The molecule has 3 aromatic rings. The Kier molecular flexibility index (Phi) is 7.14. The summed E-state index contributed by atoms with van der Waals surface area (Å²) < 4.78 is 24.2. The third-order valence-electron chi connectivity index (χ3n) is 5.64. The first-order chi connectivity index (χ1) is 15.6. The van der Waals surface area contributed by atoms with Crippen LogP contribution in [-0.2, 0) is 13.2 Å². The number of aliphatic hydroxyl groups is 1. The molecule has 1 aliphatic rings. The average Bonchev–Trinajstić information content (AvgIpc) is 3.29. The minimum Gasteiger partial charge on any atom is -0.482 e. The van der Waals surface area contributed by atoms with Crippen molar-refractivity contribution in [3.8, 4) is 5.75 Å². The van der Waals surface area contributed by atoms with Crippen LogP contribution in [0.1, 0.15) is 28.2 Å². The number of hydrogen-bond donors (Lipinski definition) is 2. The summed E-state index contributed by atoms with van der Waals surface area (Å²) in [7, 11) is 0. The SMILES string of the molecule is O=C(NC1CN(Cc2ccccc2)CCC1CO)c1cc(COc2ccccc2F)on1. The Morgan fingerprint density at radius 3 is 2.78 bits per heavy atom. The molecule has 2 heterocycles. The fourth-order valence-corrected chi connectivity index (χ4v) is 3.88. The summed E-state index contributed by atoms with van der Waals surface area (Å²) in [5.41, 5.74) is 1.32. The summed E-state index contributed by atoms with van der Waals surface area (Å²) in [6.45, 7) is 2.23. The Bertz CT molecular complexity index is 1030. The third kappa shape index (κ3) is 5.52. The lowest BCUT2D eigenvalue weighted by molar-refractivity contribution is 0.0724. The molecule has 4 rings (SSSR count). The fourth-order valence-electron chi connectivity index (χ4n) is 3.88. The fraction of sp³-hybridized carbons (Fsp3) is 0.333. The molecule has 168 valence electrons. The normalized spacial score (nSPS) is 18.9. The van der Waals surface area contributed by atoms with Crippen LogP contribution in [0.3, 0.4) is 0 Å². The predicted molar refractivity (Wildman–Crippen MR) is 115 cm³/mol. The molecule has 0 radical (unpaired) electrons. The molecule has 1 fully saturated rings. The van der Waals surface area contributed by atoms with Gasteiger partial charge < -0.3 is 19.7 Å². The van der Waals surface area contributed by atoms with Gasteiger partial charge in [0.15, 0.2) is 23.0 Å². The first-order valence-corrected chi connectivity index (χ1v) is 10.6. The van der Waals surface area contributed by atoms with Gasteiger partial charge in [-0.1, -0.05) is 47.6 Å². The molecule has 0 aliphatic carbocycles. The van der Waals surface area contributed by atoms with E-state index in [2.05, 4.69) is 27.5 Å². The number of likely N-dealkylation sites (tertiary alicyclic amines) is 1. The van der Waals surface area contributed by atoms with Crippen molar-refractivity contribution in [1.82, 2.24) is 15.4 Å². The summed E-state index contributed by atoms with van der Waals surface area (Å²) in [6.07, 6.45) is 0.787. The first kappa shape index (κ1) is 22.0. The maximum atomic E-state index is 13.7. The highest BCUT2D eigenvalue weighted by Gasteiger charge is 2.31. The number of nitrogens with one attached hydrogen (secondary N) is 1. The second-order valence-electron chi connectivity index (χ2n) is 7.93. The van der Waals surface area contributed by atoms with Crippen LogP contribution < -0.4 is 10.1 Å². The number of para-hydroxylation sites is 1. The molecule has 7 nitrogen and oxygen atoms in total. The Hall–Kier alpha value is -3.23. The van der Waals surface area contributed by atoms with Crippen molar-refractivity contribution in [1.29, 1.82) is 0 Å². The van der Waals surface area contributed by atoms with Crippen LogP contribution in [0.25, 0.3) is 0 Å². The van der Waals surface area contributed by atoms with E-state index in [9.17, 15) is 14.3 Å². The number of benzene rings is 2. The number of nitrogens with zero attached hydrogens (tertiary/aromatic N) is 2. The van der Waals surface area contributed by atoms with E-state index >= 15 is 0 Å². The van der Waals surface area contributed by atoms with Crippen molar-refractivity contribution in [2.24, 2.45) is 5.92 Å². The Labute approximate surface area is 185 Å². The highest BCUT2D eigenvalue weighted by Crippen LogP contribution is 2.21. The highest BCUT2D eigenvalue weighted by atomic mass is 19.1. The molecular weight excluding hydrogens is 413 g/mol. The van der Waals surface area contributed by atoms with Gasteiger partial charge in [-0.25, -0.2) is 4.39 Å². The van der Waals surface area contributed by atoms with Gasteiger partial charge in [0.05, 0.1) is 0 Å². The monoisotopic (exact) mass is 439 g/mol. The minimum atomic E-state index is -0.475. The molecule has 8 heteroatoms. The van der Waals surface area contributed by atoms with E-state index in [1.165, 1.54) is 23.8 Å². The van der Waals surface area contributed by atoms with Crippen molar-refractivity contribution in [2.45, 2.75) is 25.6 Å². The standard InChI is InChI=1S/C24H26FN3O4/c25-20-8-4-5-9-23(20)31-16-19-12-21(27-32-19)24(30)26-22-14-28(11-10-18(22)15-29)13-17-6-2-1-3-7-17/h1-9,12,18,22,29H,10-11,13-16H2,(H,26,30). The number of rotatable bonds is 8. The third-order valence-corrected chi connectivity index (χ3v) is 5.64. The van der Waals surface area contributed by atoms with Crippen LogP contribution >= 0.6 is 0 Å². The number of carbonyl (C=O) groups excluding carboxylic acids is 1. The molecule has 0 saturated carbocycles. The Morgan fingerprint density at radius 2 is 2.00 bits per heavy atom. The molecule has 1 saturated heterocycles. The number of aromatic nitrogens is 1. The van der Waals surface area contributed by atoms with Gasteiger partial charge in [-0.15, -0.1) is 0 Å². The predicted octanol–water partition coefficient (Wildman–Crippen LogP) is 3.01. The van der Waals surface area contributed by atoms with Gasteiger partial charge in [-0.3, -0.25) is 9.69 Å². The second-order valence-corrected chi connectivity index (χ2v) is 7.93. The number of carbonyl (C=O) groups is 1. The van der Waals surface area contributed by atoms with Crippen LogP contribution in [0.15, 0.2) is 65.2 Å². The van der Waals surface area contributed by atoms with Crippen molar-refractivity contribution >= 4 is 5.91 Å². The van der Waals surface area contributed by atoms with Gasteiger partial charge in [-0.2, -0.15) is 0 Å². The maximum absolute atomic E-state index is 13.7. The lowest BCUT2D eigenvalue weighted by Crippen LogP contribution is -2.53. The zero-order chi connectivity index (χ0) is 22.3. The summed E-state index contributed by atoms with van der Waals surface area (Å²) in [5.74, 6) is -0.470. The molecule has 1 aliphatic heterocycles. The van der Waals surface area contributed by atoms with Crippen molar-refractivity contribution in [3.63, 3.8) is 0 Å². The molecule has 0 spiro atoms. The van der Waals surface area contributed by atoms with Crippen LogP contribution in [0, 0.1) is 11.7 Å². The molecule has 0 bridgehead atoms. The van der Waals surface area contributed by atoms with Crippen molar-refractivity contribution < 1.29 is 23.6 Å². The van der Waals surface area contributed by atoms with E-state index in [1.807, 2.05) is 18.2 Å². The molecule has 2 atom stereocenters. The Morgan fingerprint density at radius 1 is 1.22 bits per heavy atom. The summed E-state index contributed by atoms with van der Waals surface area (Å²) in [5, 5.41) is 16.6. The van der Waals surface area contributed by atoms with E-state index in [0.717, 1.165) is 19.5 Å². The van der Waals surface area contributed by atoms with Gasteiger partial charge in [-0.05, 0) is 30.7 Å². The van der Waals surface area contributed by atoms with Crippen LogP contribution in [0.5, 0.6) is 5.75 Å². The second kappa shape index (κ2) is 10.4.